The van der Waals surface area contributed by atoms with Crippen LogP contribution in [0.2, 0.25) is 0 Å². The number of amides is 2. The standard InChI is InChI=1S/C24H27F6N3O4/c1-14(18-9-8-17(12-31-18)37-13-23(25,26)27)32-20(34)19(33(21(35)36)22(2,3)4)11-15-6-5-7-16(10-15)24(28,29)30/h5-10,12,14,19H,11,13H2,1-4H3,(H,32,34)(H,35,36)/t14-,19?/m1/s1. The van der Waals surface area contributed by atoms with E-state index in [1.54, 1.807) is 0 Å². The fourth-order valence-electron chi connectivity index (χ4n) is 3.57. The summed E-state index contributed by atoms with van der Waals surface area (Å²) in [4.78, 5) is 30.2. The summed E-state index contributed by atoms with van der Waals surface area (Å²) < 4.78 is 81.1. The van der Waals surface area contributed by atoms with E-state index in [1.807, 2.05) is 0 Å². The molecule has 13 heteroatoms. The zero-order valence-corrected chi connectivity index (χ0v) is 20.4. The Morgan fingerprint density at radius 2 is 1.73 bits per heavy atom. The van der Waals surface area contributed by atoms with Gasteiger partial charge in [0.25, 0.3) is 0 Å². The first kappa shape index (κ1) is 29.7. The maximum Gasteiger partial charge on any atom is 0.422 e. The van der Waals surface area contributed by atoms with E-state index in [4.69, 9.17) is 0 Å². The number of hydrogen-bond acceptors (Lipinski definition) is 4. The van der Waals surface area contributed by atoms with Crippen LogP contribution in [0.1, 0.15) is 50.6 Å². The number of alkyl halides is 6. The van der Waals surface area contributed by atoms with E-state index in [0.717, 1.165) is 23.2 Å². The van der Waals surface area contributed by atoms with E-state index in [1.165, 1.54) is 52.0 Å². The van der Waals surface area contributed by atoms with E-state index >= 15 is 0 Å². The minimum Gasteiger partial charge on any atom is -0.483 e. The Hall–Kier alpha value is -3.51. The molecule has 0 spiro atoms. The van der Waals surface area contributed by atoms with Gasteiger partial charge in [-0.3, -0.25) is 14.7 Å². The van der Waals surface area contributed by atoms with Gasteiger partial charge in [0.15, 0.2) is 6.61 Å². The van der Waals surface area contributed by atoms with Crippen molar-refractivity contribution in [3.63, 3.8) is 0 Å². The SMILES string of the molecule is C[C@@H](NC(=O)C(Cc1cccc(C(F)(F)F)c1)N(C(=O)O)C(C)(C)C)c1ccc(OCC(F)(F)F)cn1. The molecule has 0 aliphatic rings. The highest BCUT2D eigenvalue weighted by atomic mass is 19.4. The highest BCUT2D eigenvalue weighted by Crippen LogP contribution is 2.30. The number of aromatic nitrogens is 1. The highest BCUT2D eigenvalue weighted by Gasteiger charge is 2.39. The van der Waals surface area contributed by atoms with Crippen LogP contribution in [0.3, 0.4) is 0 Å². The van der Waals surface area contributed by atoms with Crippen LogP contribution in [0.25, 0.3) is 0 Å². The van der Waals surface area contributed by atoms with Crippen molar-refractivity contribution in [1.82, 2.24) is 15.2 Å². The van der Waals surface area contributed by atoms with E-state index in [9.17, 15) is 41.0 Å². The summed E-state index contributed by atoms with van der Waals surface area (Å²) in [5, 5.41) is 12.4. The van der Waals surface area contributed by atoms with E-state index in [-0.39, 0.29) is 23.4 Å². The summed E-state index contributed by atoms with van der Waals surface area (Å²) in [7, 11) is 0. The predicted octanol–water partition coefficient (Wildman–Crippen LogP) is 5.61. The van der Waals surface area contributed by atoms with Gasteiger partial charge in [-0.1, -0.05) is 18.2 Å². The molecule has 1 aromatic heterocycles. The van der Waals surface area contributed by atoms with Crippen molar-refractivity contribution in [2.75, 3.05) is 6.61 Å². The lowest BCUT2D eigenvalue weighted by Gasteiger charge is -2.39. The normalized spacial score (nSPS) is 14.0. The van der Waals surface area contributed by atoms with Gasteiger partial charge in [0.1, 0.15) is 11.8 Å². The molecule has 1 unspecified atom stereocenters. The van der Waals surface area contributed by atoms with E-state index < -0.39 is 54.1 Å². The van der Waals surface area contributed by atoms with Crippen molar-refractivity contribution in [2.24, 2.45) is 0 Å². The molecule has 0 saturated heterocycles. The number of ether oxygens (including phenoxy) is 1. The van der Waals surface area contributed by atoms with Crippen LogP contribution in [0.4, 0.5) is 31.1 Å². The number of halogens is 6. The van der Waals surface area contributed by atoms with Crippen LogP contribution in [0.5, 0.6) is 5.75 Å². The van der Waals surface area contributed by atoms with Crippen molar-refractivity contribution in [2.45, 2.75) is 64.1 Å². The number of benzene rings is 1. The van der Waals surface area contributed by atoms with E-state index in [0.29, 0.717) is 0 Å². The average Bonchev–Trinajstić information content (AvgIpc) is 2.75. The molecule has 1 heterocycles. The van der Waals surface area contributed by atoms with Crippen molar-refractivity contribution in [3.8, 4) is 5.75 Å². The second-order valence-corrected chi connectivity index (χ2v) is 9.29. The average molecular weight is 535 g/mol. The van der Waals surface area contributed by atoms with Crippen molar-refractivity contribution in [3.05, 3.63) is 59.4 Å². The number of nitrogens with zero attached hydrogens (tertiary/aromatic N) is 2. The van der Waals surface area contributed by atoms with Gasteiger partial charge >= 0.3 is 18.4 Å². The van der Waals surface area contributed by atoms with Gasteiger partial charge in [0, 0.05) is 12.0 Å². The van der Waals surface area contributed by atoms with Crippen LogP contribution in [0.15, 0.2) is 42.6 Å². The fraction of sp³-hybridized carbons (Fsp3) is 0.458. The quantitative estimate of drug-likeness (QED) is 0.429. The summed E-state index contributed by atoms with van der Waals surface area (Å²) in [5.41, 5.74) is -1.69. The highest BCUT2D eigenvalue weighted by molar-refractivity contribution is 5.86. The molecule has 204 valence electrons. The first-order valence-electron chi connectivity index (χ1n) is 11.0. The Labute approximate surface area is 209 Å². The molecule has 2 amide bonds. The summed E-state index contributed by atoms with van der Waals surface area (Å²) in [6.45, 7) is 4.63. The molecule has 0 aliphatic carbocycles. The number of carbonyl (C=O) groups excluding carboxylic acids is 1. The fourth-order valence-corrected chi connectivity index (χ4v) is 3.57. The van der Waals surface area contributed by atoms with Crippen LogP contribution in [-0.4, -0.2) is 51.4 Å². The molecule has 2 aromatic rings. The van der Waals surface area contributed by atoms with Crippen LogP contribution in [0, 0.1) is 0 Å². The molecule has 7 nitrogen and oxygen atoms in total. The Balaban J connectivity index is 2.29. The Morgan fingerprint density at radius 1 is 1.08 bits per heavy atom. The Morgan fingerprint density at radius 3 is 2.22 bits per heavy atom. The molecule has 0 aliphatic heterocycles. The maximum atomic E-state index is 13.3. The van der Waals surface area contributed by atoms with Gasteiger partial charge in [-0.2, -0.15) is 26.3 Å². The van der Waals surface area contributed by atoms with Gasteiger partial charge < -0.3 is 15.2 Å². The van der Waals surface area contributed by atoms with E-state index in [2.05, 4.69) is 15.0 Å². The number of rotatable bonds is 8. The third-order valence-electron chi connectivity index (χ3n) is 5.19. The first-order chi connectivity index (χ1) is 16.9. The third kappa shape index (κ3) is 8.83. The number of nitrogens with one attached hydrogen (secondary N) is 1. The number of hydrogen-bond donors (Lipinski definition) is 2. The van der Waals surface area contributed by atoms with Gasteiger partial charge in [-0.25, -0.2) is 4.79 Å². The van der Waals surface area contributed by atoms with Crippen molar-refractivity contribution < 1.29 is 45.8 Å². The number of carbonyl (C=O) groups is 2. The molecule has 2 N–H and O–H groups in total. The minimum atomic E-state index is -4.62. The van der Waals surface area contributed by atoms with Crippen LogP contribution < -0.4 is 10.1 Å². The zero-order valence-electron chi connectivity index (χ0n) is 20.4. The second-order valence-electron chi connectivity index (χ2n) is 9.29. The van der Waals surface area contributed by atoms with Crippen LogP contribution in [-0.2, 0) is 17.4 Å². The minimum absolute atomic E-state index is 0.0995. The summed E-state index contributed by atoms with van der Waals surface area (Å²) in [6.07, 6.45) is -9.90. The number of pyridine rings is 1. The molecular weight excluding hydrogens is 508 g/mol. The summed E-state index contributed by atoms with van der Waals surface area (Å²) in [6, 6.07) is 4.60. The lowest BCUT2D eigenvalue weighted by Crippen LogP contribution is -2.57. The number of carboxylic acid groups (broad SMARTS) is 1. The molecule has 2 rings (SSSR count). The molecule has 0 bridgehead atoms. The Kier molecular flexibility index (Phi) is 9.04. The summed E-state index contributed by atoms with van der Waals surface area (Å²) in [5.74, 6) is -0.937. The third-order valence-corrected chi connectivity index (χ3v) is 5.19. The van der Waals surface area contributed by atoms with Crippen molar-refractivity contribution in [1.29, 1.82) is 0 Å². The zero-order chi connectivity index (χ0) is 28.2. The van der Waals surface area contributed by atoms with Gasteiger partial charge in [-0.15, -0.1) is 0 Å². The molecule has 0 radical (unpaired) electrons. The molecule has 2 atom stereocenters. The Bertz CT molecular complexity index is 1080. The van der Waals surface area contributed by atoms with Crippen LogP contribution >= 0.6 is 0 Å². The predicted molar refractivity (Wildman–Crippen MR) is 121 cm³/mol. The van der Waals surface area contributed by atoms with Gasteiger partial charge in [0.05, 0.1) is 23.5 Å². The molecule has 37 heavy (non-hydrogen) atoms. The lowest BCUT2D eigenvalue weighted by atomic mass is 9.96. The van der Waals surface area contributed by atoms with Gasteiger partial charge in [0.2, 0.25) is 5.91 Å². The van der Waals surface area contributed by atoms with Crippen molar-refractivity contribution >= 4 is 12.0 Å². The molecule has 0 fully saturated rings. The second kappa shape index (κ2) is 11.3. The lowest BCUT2D eigenvalue weighted by molar-refractivity contribution is -0.153. The molecule has 0 saturated carbocycles. The monoisotopic (exact) mass is 535 g/mol. The first-order valence-corrected chi connectivity index (χ1v) is 11.0. The topological polar surface area (TPSA) is 91.8 Å². The summed E-state index contributed by atoms with van der Waals surface area (Å²) >= 11 is 0. The molecular formula is C24H27F6N3O4. The molecule has 1 aromatic carbocycles. The van der Waals surface area contributed by atoms with Gasteiger partial charge in [-0.05, 0) is 51.5 Å². The smallest absolute Gasteiger partial charge is 0.422 e. The maximum absolute atomic E-state index is 13.3. The largest absolute Gasteiger partial charge is 0.483 e.